The fourth-order valence-electron chi connectivity index (χ4n) is 4.72. The van der Waals surface area contributed by atoms with E-state index in [1.54, 1.807) is 0 Å². The van der Waals surface area contributed by atoms with Gasteiger partial charge in [0.2, 0.25) is 0 Å². The minimum Gasteiger partial charge on any atom is -0.387 e. The molecule has 1 aromatic rings. The third kappa shape index (κ3) is 1.32. The molecule has 0 amide bonds. The minimum absolute atomic E-state index is 0.0490. The lowest BCUT2D eigenvalue weighted by molar-refractivity contribution is -0.134. The molecule has 1 aromatic carbocycles. The van der Waals surface area contributed by atoms with Crippen LogP contribution in [0.25, 0.3) is 0 Å². The molecule has 0 spiro atoms. The first-order chi connectivity index (χ1) is 9.25. The van der Waals surface area contributed by atoms with Gasteiger partial charge >= 0.3 is 0 Å². The van der Waals surface area contributed by atoms with E-state index in [9.17, 15) is 9.90 Å². The number of benzene rings is 1. The van der Waals surface area contributed by atoms with Gasteiger partial charge in [-0.15, -0.1) is 0 Å². The summed E-state index contributed by atoms with van der Waals surface area (Å²) in [4.78, 5) is 12.7. The van der Waals surface area contributed by atoms with E-state index in [2.05, 4.69) is 11.4 Å². The van der Waals surface area contributed by atoms with Crippen LogP contribution in [0, 0.1) is 5.92 Å². The predicted molar refractivity (Wildman–Crippen MR) is 71.8 cm³/mol. The number of aliphatic hydroxyl groups is 1. The van der Waals surface area contributed by atoms with E-state index in [4.69, 9.17) is 0 Å². The van der Waals surface area contributed by atoms with E-state index < -0.39 is 6.10 Å². The zero-order valence-corrected chi connectivity index (χ0v) is 10.9. The number of Topliss-reactive ketones (excluding diaryl/α,β-unsaturated/α-hetero) is 1. The zero-order valence-electron chi connectivity index (χ0n) is 10.9. The van der Waals surface area contributed by atoms with Crippen molar-refractivity contribution in [1.29, 1.82) is 0 Å². The lowest BCUT2D eigenvalue weighted by Gasteiger charge is -2.55. The van der Waals surface area contributed by atoms with Crippen LogP contribution in [0.2, 0.25) is 0 Å². The third-order valence-electron chi connectivity index (χ3n) is 5.48. The summed E-state index contributed by atoms with van der Waals surface area (Å²) < 4.78 is 0. The van der Waals surface area contributed by atoms with Crippen molar-refractivity contribution in [1.82, 2.24) is 5.32 Å². The molecule has 2 aliphatic carbocycles. The minimum atomic E-state index is -0.472. The molecule has 0 aromatic heterocycles. The SMILES string of the molecule is O=C1CCC[C@H]2[C@@H]3NCC[C@]12c1ccccc1C3O. The van der Waals surface area contributed by atoms with Crippen LogP contribution in [0.1, 0.15) is 42.9 Å². The first-order valence-electron chi connectivity index (χ1n) is 7.29. The summed E-state index contributed by atoms with van der Waals surface area (Å²) in [5, 5.41) is 14.1. The monoisotopic (exact) mass is 257 g/mol. The molecule has 1 saturated heterocycles. The van der Waals surface area contributed by atoms with Crippen molar-refractivity contribution < 1.29 is 9.90 Å². The van der Waals surface area contributed by atoms with Crippen LogP contribution >= 0.6 is 0 Å². The van der Waals surface area contributed by atoms with Gasteiger partial charge in [0, 0.05) is 12.5 Å². The van der Waals surface area contributed by atoms with Gasteiger partial charge in [-0.1, -0.05) is 24.3 Å². The van der Waals surface area contributed by atoms with E-state index in [0.717, 1.165) is 36.9 Å². The Balaban J connectivity index is 1.99. The van der Waals surface area contributed by atoms with Crippen LogP contribution in [0.4, 0.5) is 0 Å². The second-order valence-corrected chi connectivity index (χ2v) is 6.16. The summed E-state index contributed by atoms with van der Waals surface area (Å²) in [6.07, 6.45) is 3.14. The molecule has 2 N–H and O–H groups in total. The lowest BCUT2D eigenvalue weighted by atomic mass is 9.51. The number of carbonyl (C=O) groups is 1. The number of nitrogens with one attached hydrogen (secondary N) is 1. The topological polar surface area (TPSA) is 49.3 Å². The molecule has 0 radical (unpaired) electrons. The van der Waals surface area contributed by atoms with Gasteiger partial charge in [-0.25, -0.2) is 0 Å². The van der Waals surface area contributed by atoms with Gasteiger partial charge in [-0.2, -0.15) is 0 Å². The van der Waals surface area contributed by atoms with Gasteiger partial charge in [-0.05, 0) is 42.9 Å². The number of piperidine rings is 1. The molecule has 3 heteroatoms. The Kier molecular flexibility index (Phi) is 2.39. The van der Waals surface area contributed by atoms with Crippen LogP contribution in [-0.4, -0.2) is 23.5 Å². The Hall–Kier alpha value is -1.19. The Labute approximate surface area is 113 Å². The lowest BCUT2D eigenvalue weighted by Crippen LogP contribution is -2.64. The molecule has 1 aliphatic heterocycles. The molecular weight excluding hydrogens is 238 g/mol. The fraction of sp³-hybridized carbons (Fsp3) is 0.562. The summed E-state index contributed by atoms with van der Waals surface area (Å²) in [6, 6.07) is 8.06. The average Bonchev–Trinajstić information content (AvgIpc) is 2.45. The normalized spacial score (nSPS) is 40.5. The van der Waals surface area contributed by atoms with Gasteiger partial charge in [0.1, 0.15) is 5.78 Å². The molecule has 19 heavy (non-hydrogen) atoms. The maximum absolute atomic E-state index is 12.7. The number of ketones is 1. The Morgan fingerprint density at radius 3 is 3.05 bits per heavy atom. The molecular formula is C16H19NO2. The van der Waals surface area contributed by atoms with E-state index in [1.165, 1.54) is 0 Å². The van der Waals surface area contributed by atoms with Crippen molar-refractivity contribution in [3.05, 3.63) is 35.4 Å². The second-order valence-electron chi connectivity index (χ2n) is 6.16. The summed E-state index contributed by atoms with van der Waals surface area (Å²) in [5.74, 6) is 0.669. The maximum Gasteiger partial charge on any atom is 0.143 e. The van der Waals surface area contributed by atoms with E-state index in [1.807, 2.05) is 18.2 Å². The summed E-state index contributed by atoms with van der Waals surface area (Å²) in [5.41, 5.74) is 1.76. The predicted octanol–water partition coefficient (Wildman–Crippen LogP) is 1.70. The first kappa shape index (κ1) is 11.6. The third-order valence-corrected chi connectivity index (χ3v) is 5.48. The van der Waals surface area contributed by atoms with Crippen molar-refractivity contribution in [2.75, 3.05) is 6.54 Å². The quantitative estimate of drug-likeness (QED) is 0.744. The number of hydrogen-bond acceptors (Lipinski definition) is 3. The van der Waals surface area contributed by atoms with Crippen LogP contribution in [0.5, 0.6) is 0 Å². The van der Waals surface area contributed by atoms with E-state index in [-0.39, 0.29) is 17.4 Å². The molecule has 100 valence electrons. The van der Waals surface area contributed by atoms with Gasteiger partial charge in [0.15, 0.2) is 0 Å². The standard InChI is InChI=1S/C16H19NO2/c18-13-7-3-6-12-14-15(19)10-4-1-2-5-11(10)16(12,13)8-9-17-14/h1-2,4-5,12,14-15,17,19H,3,6-9H2/t12-,14-,15?,16+/m0/s1. The highest BCUT2D eigenvalue weighted by Gasteiger charge is 2.58. The highest BCUT2D eigenvalue weighted by atomic mass is 16.3. The number of aliphatic hydroxyl groups excluding tert-OH is 1. The number of hydrogen-bond donors (Lipinski definition) is 2. The van der Waals surface area contributed by atoms with E-state index in [0.29, 0.717) is 12.2 Å². The van der Waals surface area contributed by atoms with Crippen molar-refractivity contribution >= 4 is 5.78 Å². The van der Waals surface area contributed by atoms with E-state index >= 15 is 0 Å². The van der Waals surface area contributed by atoms with Gasteiger partial charge in [0.05, 0.1) is 11.5 Å². The van der Waals surface area contributed by atoms with Crippen LogP contribution < -0.4 is 5.32 Å². The molecule has 1 heterocycles. The fourth-order valence-corrected chi connectivity index (χ4v) is 4.72. The van der Waals surface area contributed by atoms with Gasteiger partial charge in [-0.3, -0.25) is 4.79 Å². The van der Waals surface area contributed by atoms with Gasteiger partial charge in [0.25, 0.3) is 0 Å². The number of carbonyl (C=O) groups excluding carboxylic acids is 1. The van der Waals surface area contributed by atoms with Crippen molar-refractivity contribution in [3.8, 4) is 0 Å². The molecule has 3 nitrogen and oxygen atoms in total. The number of fused-ring (bicyclic) bond motifs is 1. The maximum atomic E-state index is 12.7. The summed E-state index contributed by atoms with van der Waals surface area (Å²) in [6.45, 7) is 0.832. The second kappa shape index (κ2) is 3.90. The zero-order chi connectivity index (χ0) is 13.0. The van der Waals surface area contributed by atoms with Crippen molar-refractivity contribution in [3.63, 3.8) is 0 Å². The van der Waals surface area contributed by atoms with Crippen molar-refractivity contribution in [2.24, 2.45) is 5.92 Å². The van der Waals surface area contributed by atoms with Crippen LogP contribution in [-0.2, 0) is 10.2 Å². The summed E-state index contributed by atoms with van der Waals surface area (Å²) in [7, 11) is 0. The smallest absolute Gasteiger partial charge is 0.143 e. The first-order valence-corrected chi connectivity index (χ1v) is 7.29. The molecule has 1 unspecified atom stereocenters. The highest BCUT2D eigenvalue weighted by Crippen LogP contribution is 2.54. The average molecular weight is 257 g/mol. The largest absolute Gasteiger partial charge is 0.387 e. The Morgan fingerprint density at radius 1 is 1.32 bits per heavy atom. The molecule has 3 aliphatic rings. The molecule has 1 saturated carbocycles. The molecule has 4 atom stereocenters. The van der Waals surface area contributed by atoms with Crippen LogP contribution in [0.15, 0.2) is 24.3 Å². The number of rotatable bonds is 0. The molecule has 4 rings (SSSR count). The Morgan fingerprint density at radius 2 is 2.16 bits per heavy atom. The van der Waals surface area contributed by atoms with Gasteiger partial charge < -0.3 is 10.4 Å². The molecule has 2 bridgehead atoms. The summed E-state index contributed by atoms with van der Waals surface area (Å²) >= 11 is 0. The Bertz CT molecular complexity index is 541. The highest BCUT2D eigenvalue weighted by molar-refractivity contribution is 5.92. The van der Waals surface area contributed by atoms with Crippen LogP contribution in [0.3, 0.4) is 0 Å². The van der Waals surface area contributed by atoms with Crippen molar-refractivity contribution in [2.45, 2.75) is 43.2 Å². The molecule has 2 fully saturated rings.